The summed E-state index contributed by atoms with van der Waals surface area (Å²) in [6.45, 7) is 6.70. The van der Waals surface area contributed by atoms with Crippen molar-refractivity contribution in [2.75, 3.05) is 5.73 Å². The third kappa shape index (κ3) is 3.65. The van der Waals surface area contributed by atoms with Crippen molar-refractivity contribution in [3.63, 3.8) is 0 Å². The largest absolute Gasteiger partial charge is 0.398 e. The van der Waals surface area contributed by atoms with Crippen molar-refractivity contribution in [2.45, 2.75) is 32.6 Å². The molecular formula is C31H29N. The second-order valence-electron chi connectivity index (χ2n) is 9.01. The van der Waals surface area contributed by atoms with E-state index in [0.717, 1.165) is 5.69 Å². The number of nitrogen functional groups attached to an aromatic ring is 1. The molecule has 0 unspecified atom stereocenters. The smallest absolute Gasteiger partial charge is 0.0391 e. The van der Waals surface area contributed by atoms with Gasteiger partial charge in [0.1, 0.15) is 0 Å². The minimum Gasteiger partial charge on any atom is -0.398 e. The molecule has 0 aromatic heterocycles. The van der Waals surface area contributed by atoms with Crippen LogP contribution in [-0.4, -0.2) is 0 Å². The minimum absolute atomic E-state index is 0.224. The van der Waals surface area contributed by atoms with Gasteiger partial charge in [0.25, 0.3) is 0 Å². The highest BCUT2D eigenvalue weighted by Crippen LogP contribution is 2.38. The summed E-state index contributed by atoms with van der Waals surface area (Å²) in [4.78, 5) is 0. The van der Waals surface area contributed by atoms with Gasteiger partial charge < -0.3 is 5.73 Å². The van der Waals surface area contributed by atoms with Gasteiger partial charge in [0.2, 0.25) is 0 Å². The molecule has 0 radical (unpaired) electrons. The van der Waals surface area contributed by atoms with Gasteiger partial charge in [-0.2, -0.15) is 0 Å². The molecular weight excluding hydrogens is 386 g/mol. The van der Waals surface area contributed by atoms with Crippen molar-refractivity contribution < 1.29 is 0 Å². The molecule has 158 valence electrons. The van der Waals surface area contributed by atoms with Crippen LogP contribution >= 0.6 is 0 Å². The van der Waals surface area contributed by atoms with Gasteiger partial charge in [-0.05, 0) is 50.7 Å². The summed E-state index contributed by atoms with van der Waals surface area (Å²) in [6, 6.07) is 35.1. The number of rotatable bonds is 4. The quantitative estimate of drug-likeness (QED) is 0.294. The highest BCUT2D eigenvalue weighted by molar-refractivity contribution is 5.84. The van der Waals surface area contributed by atoms with Crippen LogP contribution < -0.4 is 5.73 Å². The zero-order chi connectivity index (χ0) is 22.2. The van der Waals surface area contributed by atoms with Gasteiger partial charge in [0.05, 0.1) is 0 Å². The Morgan fingerprint density at radius 1 is 0.531 bits per heavy atom. The number of fused-ring (bicyclic) bond motifs is 2. The minimum atomic E-state index is 0.224. The van der Waals surface area contributed by atoms with Crippen LogP contribution in [0.5, 0.6) is 0 Å². The molecule has 0 aliphatic carbocycles. The van der Waals surface area contributed by atoms with E-state index < -0.39 is 0 Å². The summed E-state index contributed by atoms with van der Waals surface area (Å²) in [6.07, 6.45) is 0. The summed E-state index contributed by atoms with van der Waals surface area (Å²) in [5.41, 5.74) is 14.0. The maximum absolute atomic E-state index is 6.85. The Hall–Kier alpha value is -3.58. The van der Waals surface area contributed by atoms with Crippen LogP contribution in [0.4, 0.5) is 5.69 Å². The van der Waals surface area contributed by atoms with Gasteiger partial charge >= 0.3 is 0 Å². The van der Waals surface area contributed by atoms with Crippen molar-refractivity contribution in [3.05, 3.63) is 125 Å². The van der Waals surface area contributed by atoms with Crippen LogP contribution in [0.25, 0.3) is 21.5 Å². The first-order valence-corrected chi connectivity index (χ1v) is 11.4. The molecule has 1 heteroatoms. The number of nitrogens with two attached hydrogens (primary N) is 1. The Kier molecular flexibility index (Phi) is 5.19. The average Bonchev–Trinajstić information content (AvgIpc) is 2.83. The van der Waals surface area contributed by atoms with Crippen molar-refractivity contribution >= 4 is 27.2 Å². The fourth-order valence-electron chi connectivity index (χ4n) is 4.88. The third-order valence-corrected chi connectivity index (χ3v) is 6.87. The second kappa shape index (κ2) is 8.16. The Bertz CT molecular complexity index is 1320. The number of hydrogen-bond acceptors (Lipinski definition) is 1. The van der Waals surface area contributed by atoms with Crippen LogP contribution in [0.15, 0.2) is 97.1 Å². The van der Waals surface area contributed by atoms with Crippen LogP contribution in [0, 0.1) is 6.92 Å². The van der Waals surface area contributed by atoms with E-state index in [1.807, 2.05) is 0 Å². The van der Waals surface area contributed by atoms with Gasteiger partial charge in [0, 0.05) is 17.5 Å². The first-order valence-electron chi connectivity index (χ1n) is 11.4. The number of aryl methyl sites for hydroxylation is 1. The molecule has 0 aliphatic heterocycles. The van der Waals surface area contributed by atoms with E-state index in [1.54, 1.807) is 0 Å². The van der Waals surface area contributed by atoms with E-state index >= 15 is 0 Å². The molecule has 0 saturated carbocycles. The lowest BCUT2D eigenvalue weighted by Gasteiger charge is -2.23. The lowest BCUT2D eigenvalue weighted by Crippen LogP contribution is -2.08. The van der Waals surface area contributed by atoms with Crippen LogP contribution in [0.1, 0.15) is 53.5 Å². The van der Waals surface area contributed by atoms with Crippen molar-refractivity contribution in [3.8, 4) is 0 Å². The summed E-state index contributed by atoms with van der Waals surface area (Å²) >= 11 is 0. The average molecular weight is 416 g/mol. The van der Waals surface area contributed by atoms with Crippen molar-refractivity contribution in [1.29, 1.82) is 0 Å². The molecule has 5 rings (SSSR count). The van der Waals surface area contributed by atoms with Gasteiger partial charge in [-0.1, -0.05) is 116 Å². The predicted molar refractivity (Wildman–Crippen MR) is 139 cm³/mol. The maximum atomic E-state index is 6.85. The molecule has 32 heavy (non-hydrogen) atoms. The van der Waals surface area contributed by atoms with Crippen LogP contribution in [0.2, 0.25) is 0 Å². The zero-order valence-corrected chi connectivity index (χ0v) is 19.0. The SMILES string of the molecule is Cc1cc([C@H](C)c2ccc3ccccc3c2)c(N)c([C@@H](C)c2ccc3ccccc3c2)c1. The van der Waals surface area contributed by atoms with E-state index in [-0.39, 0.29) is 11.8 Å². The fraction of sp³-hybridized carbons (Fsp3) is 0.161. The van der Waals surface area contributed by atoms with Crippen LogP contribution in [0.3, 0.4) is 0 Å². The molecule has 5 aromatic carbocycles. The van der Waals surface area contributed by atoms with E-state index in [4.69, 9.17) is 5.73 Å². The number of hydrogen-bond donors (Lipinski definition) is 1. The molecule has 2 N–H and O–H groups in total. The molecule has 0 bridgehead atoms. The highest BCUT2D eigenvalue weighted by atomic mass is 14.6. The molecule has 0 amide bonds. The van der Waals surface area contributed by atoms with E-state index in [0.29, 0.717) is 0 Å². The summed E-state index contributed by atoms with van der Waals surface area (Å²) in [5.74, 6) is 0.448. The molecule has 0 spiro atoms. The predicted octanol–water partition coefficient (Wildman–Crippen LogP) is 8.19. The molecule has 0 aliphatic rings. The third-order valence-electron chi connectivity index (χ3n) is 6.87. The number of benzene rings is 5. The first kappa shape index (κ1) is 20.3. The van der Waals surface area contributed by atoms with Crippen molar-refractivity contribution in [1.82, 2.24) is 0 Å². The molecule has 0 heterocycles. The molecule has 5 aromatic rings. The topological polar surface area (TPSA) is 26.0 Å². The zero-order valence-electron chi connectivity index (χ0n) is 19.0. The van der Waals surface area contributed by atoms with Crippen molar-refractivity contribution in [2.24, 2.45) is 0 Å². The fourth-order valence-corrected chi connectivity index (χ4v) is 4.88. The normalized spacial score (nSPS) is 13.3. The Morgan fingerprint density at radius 3 is 1.38 bits per heavy atom. The molecule has 0 saturated heterocycles. The Balaban J connectivity index is 1.56. The lowest BCUT2D eigenvalue weighted by molar-refractivity contribution is 0.891. The van der Waals surface area contributed by atoms with Gasteiger partial charge in [-0.25, -0.2) is 0 Å². The van der Waals surface area contributed by atoms with E-state index in [9.17, 15) is 0 Å². The summed E-state index contributed by atoms with van der Waals surface area (Å²) in [5, 5.41) is 5.08. The van der Waals surface area contributed by atoms with Crippen LogP contribution in [-0.2, 0) is 0 Å². The first-order chi connectivity index (χ1) is 15.5. The number of anilines is 1. The van der Waals surface area contributed by atoms with Gasteiger partial charge in [-0.3, -0.25) is 0 Å². The van der Waals surface area contributed by atoms with E-state index in [2.05, 4.69) is 118 Å². The highest BCUT2D eigenvalue weighted by Gasteiger charge is 2.19. The standard InChI is InChI=1S/C31H29N/c1-20-16-29(21(2)25-14-12-23-8-4-6-10-27(23)18-25)31(32)30(17-20)22(3)26-15-13-24-9-5-7-11-28(24)19-26/h4-19,21-22H,32H2,1-3H3/t21-,22+. The molecule has 0 fully saturated rings. The van der Waals surface area contributed by atoms with Gasteiger partial charge in [0.15, 0.2) is 0 Å². The summed E-state index contributed by atoms with van der Waals surface area (Å²) in [7, 11) is 0. The van der Waals surface area contributed by atoms with Gasteiger partial charge in [-0.15, -0.1) is 0 Å². The lowest BCUT2D eigenvalue weighted by atomic mass is 9.83. The van der Waals surface area contributed by atoms with E-state index in [1.165, 1.54) is 49.4 Å². The monoisotopic (exact) mass is 415 g/mol. The second-order valence-corrected chi connectivity index (χ2v) is 9.01. The maximum Gasteiger partial charge on any atom is 0.0391 e. The Labute approximate surface area is 190 Å². The Morgan fingerprint density at radius 2 is 0.938 bits per heavy atom. The molecule has 2 atom stereocenters. The molecule has 1 nitrogen and oxygen atoms in total. The summed E-state index contributed by atoms with van der Waals surface area (Å²) < 4.78 is 0.